The number of nitrogens with zero attached hydrogens (tertiary/aromatic N) is 1. The van der Waals surface area contributed by atoms with Crippen molar-refractivity contribution in [3.05, 3.63) is 47.3 Å². The molecule has 1 amide bonds. The van der Waals surface area contributed by atoms with Gasteiger partial charge in [0, 0.05) is 23.6 Å². The minimum Gasteiger partial charge on any atom is -0.493 e. The molecule has 0 saturated heterocycles. The lowest BCUT2D eigenvalue weighted by Gasteiger charge is -2.26. The lowest BCUT2D eigenvalue weighted by Crippen LogP contribution is -2.32. The van der Waals surface area contributed by atoms with Crippen molar-refractivity contribution in [1.29, 1.82) is 0 Å². The van der Waals surface area contributed by atoms with Gasteiger partial charge in [-0.3, -0.25) is 9.89 Å². The van der Waals surface area contributed by atoms with Gasteiger partial charge in [0.15, 0.2) is 0 Å². The van der Waals surface area contributed by atoms with Gasteiger partial charge < -0.3 is 10.1 Å². The number of hydrogen-bond acceptors (Lipinski definition) is 3. The van der Waals surface area contributed by atoms with Crippen molar-refractivity contribution >= 4 is 5.91 Å². The van der Waals surface area contributed by atoms with Crippen LogP contribution >= 0.6 is 0 Å². The second kappa shape index (κ2) is 4.91. The summed E-state index contributed by atoms with van der Waals surface area (Å²) in [5.41, 5.74) is 2.59. The predicted molar refractivity (Wildman–Crippen MR) is 77.3 cm³/mol. The highest BCUT2D eigenvalue weighted by Gasteiger charge is 2.28. The highest BCUT2D eigenvalue weighted by atomic mass is 16.5. The molecule has 1 aliphatic heterocycles. The van der Waals surface area contributed by atoms with Crippen LogP contribution in [0.5, 0.6) is 5.75 Å². The number of rotatable bonds is 3. The monoisotopic (exact) mass is 283 g/mol. The molecule has 4 rings (SSSR count). The van der Waals surface area contributed by atoms with Crippen LogP contribution in [-0.4, -0.2) is 22.7 Å². The quantitative estimate of drug-likeness (QED) is 0.909. The maximum absolute atomic E-state index is 12.3. The number of carbonyl (C=O) groups is 1. The van der Waals surface area contributed by atoms with Gasteiger partial charge >= 0.3 is 0 Å². The smallest absolute Gasteiger partial charge is 0.272 e. The van der Waals surface area contributed by atoms with Crippen molar-refractivity contribution in [3.8, 4) is 5.75 Å². The van der Waals surface area contributed by atoms with Crippen molar-refractivity contribution < 1.29 is 9.53 Å². The summed E-state index contributed by atoms with van der Waals surface area (Å²) in [6.07, 6.45) is 3.16. The molecule has 1 aromatic carbocycles. The zero-order chi connectivity index (χ0) is 14.2. The lowest BCUT2D eigenvalue weighted by atomic mass is 10.0. The number of ether oxygens (including phenoxy) is 1. The van der Waals surface area contributed by atoms with E-state index in [-0.39, 0.29) is 11.9 Å². The van der Waals surface area contributed by atoms with Gasteiger partial charge in [-0.05, 0) is 25.0 Å². The van der Waals surface area contributed by atoms with Gasteiger partial charge in [-0.25, -0.2) is 0 Å². The molecule has 21 heavy (non-hydrogen) atoms. The van der Waals surface area contributed by atoms with Crippen molar-refractivity contribution in [3.63, 3.8) is 0 Å². The van der Waals surface area contributed by atoms with Crippen molar-refractivity contribution in [2.75, 3.05) is 6.61 Å². The minimum atomic E-state index is -0.125. The van der Waals surface area contributed by atoms with Crippen LogP contribution in [0.25, 0.3) is 0 Å². The molecular weight excluding hydrogens is 266 g/mol. The van der Waals surface area contributed by atoms with E-state index in [9.17, 15) is 4.79 Å². The molecule has 0 bridgehead atoms. The molecule has 1 atom stereocenters. The number of nitrogens with one attached hydrogen (secondary N) is 2. The SMILES string of the molecule is O=C(N[C@H]1CCOc2ccccc21)c1cc(C2CC2)[nH]n1. The first-order valence-electron chi connectivity index (χ1n) is 7.39. The van der Waals surface area contributed by atoms with E-state index in [1.165, 1.54) is 12.8 Å². The van der Waals surface area contributed by atoms with E-state index in [4.69, 9.17) is 4.74 Å². The van der Waals surface area contributed by atoms with Gasteiger partial charge in [-0.15, -0.1) is 0 Å². The van der Waals surface area contributed by atoms with Crippen LogP contribution in [0.1, 0.15) is 53.0 Å². The number of hydrogen-bond donors (Lipinski definition) is 2. The van der Waals surface area contributed by atoms with Crippen LogP contribution in [0.4, 0.5) is 0 Å². The number of H-pyrrole nitrogens is 1. The lowest BCUT2D eigenvalue weighted by molar-refractivity contribution is 0.0919. The Labute approximate surface area is 122 Å². The Balaban J connectivity index is 1.51. The molecule has 0 spiro atoms. The summed E-state index contributed by atoms with van der Waals surface area (Å²) in [4.78, 5) is 12.3. The van der Waals surface area contributed by atoms with Gasteiger partial charge in [0.2, 0.25) is 0 Å². The number of para-hydroxylation sites is 1. The summed E-state index contributed by atoms with van der Waals surface area (Å²) in [5.74, 6) is 1.30. The molecule has 1 fully saturated rings. The molecule has 0 radical (unpaired) electrons. The summed E-state index contributed by atoms with van der Waals surface area (Å²) in [5, 5.41) is 10.2. The van der Waals surface area contributed by atoms with Crippen LogP contribution in [0.3, 0.4) is 0 Å². The molecule has 2 N–H and O–H groups in total. The van der Waals surface area contributed by atoms with Crippen LogP contribution in [-0.2, 0) is 0 Å². The third-order valence-electron chi connectivity index (χ3n) is 4.11. The van der Waals surface area contributed by atoms with E-state index in [0.717, 1.165) is 23.4 Å². The van der Waals surface area contributed by atoms with Crippen molar-refractivity contribution in [2.45, 2.75) is 31.2 Å². The fraction of sp³-hybridized carbons (Fsp3) is 0.375. The molecule has 2 heterocycles. The Bertz CT molecular complexity index is 676. The number of aromatic amines is 1. The third kappa shape index (κ3) is 2.39. The van der Waals surface area contributed by atoms with Crippen LogP contribution < -0.4 is 10.1 Å². The Kier molecular flexibility index (Phi) is 2.91. The maximum atomic E-state index is 12.3. The number of amides is 1. The van der Waals surface area contributed by atoms with Crippen LogP contribution in [0, 0.1) is 0 Å². The third-order valence-corrected chi connectivity index (χ3v) is 4.11. The Morgan fingerprint density at radius 1 is 1.29 bits per heavy atom. The van der Waals surface area contributed by atoms with Crippen molar-refractivity contribution in [2.24, 2.45) is 0 Å². The van der Waals surface area contributed by atoms with E-state index in [1.54, 1.807) is 0 Å². The summed E-state index contributed by atoms with van der Waals surface area (Å²) in [6, 6.07) is 9.71. The van der Waals surface area contributed by atoms with Gasteiger partial charge in [-0.2, -0.15) is 5.10 Å². The number of fused-ring (bicyclic) bond motifs is 1. The van der Waals surface area contributed by atoms with Gasteiger partial charge in [0.05, 0.1) is 12.6 Å². The number of carbonyl (C=O) groups excluding carboxylic acids is 1. The van der Waals surface area contributed by atoms with E-state index < -0.39 is 0 Å². The second-order valence-corrected chi connectivity index (χ2v) is 5.68. The normalized spacial score (nSPS) is 20.5. The van der Waals surface area contributed by atoms with Crippen molar-refractivity contribution in [1.82, 2.24) is 15.5 Å². The average Bonchev–Trinajstić information content (AvgIpc) is 3.25. The zero-order valence-corrected chi connectivity index (χ0v) is 11.6. The molecule has 2 aliphatic rings. The molecule has 108 valence electrons. The Hall–Kier alpha value is -2.30. The molecule has 1 saturated carbocycles. The van der Waals surface area contributed by atoms with E-state index in [1.807, 2.05) is 30.3 Å². The number of benzene rings is 1. The van der Waals surface area contributed by atoms with Gasteiger partial charge in [0.1, 0.15) is 11.4 Å². The zero-order valence-electron chi connectivity index (χ0n) is 11.6. The highest BCUT2D eigenvalue weighted by molar-refractivity contribution is 5.92. The maximum Gasteiger partial charge on any atom is 0.272 e. The summed E-state index contributed by atoms with van der Waals surface area (Å²) >= 11 is 0. The Morgan fingerprint density at radius 3 is 3.00 bits per heavy atom. The summed E-state index contributed by atoms with van der Waals surface area (Å²) in [7, 11) is 0. The fourth-order valence-corrected chi connectivity index (χ4v) is 2.78. The molecule has 2 aromatic rings. The highest BCUT2D eigenvalue weighted by Crippen LogP contribution is 2.39. The van der Waals surface area contributed by atoms with E-state index in [2.05, 4.69) is 15.5 Å². The molecule has 0 unspecified atom stereocenters. The first-order chi connectivity index (χ1) is 10.3. The van der Waals surface area contributed by atoms with Gasteiger partial charge in [-0.1, -0.05) is 18.2 Å². The minimum absolute atomic E-state index is 0.0106. The molecule has 5 nitrogen and oxygen atoms in total. The van der Waals surface area contributed by atoms with Crippen LogP contribution in [0.15, 0.2) is 30.3 Å². The molecule has 1 aromatic heterocycles. The second-order valence-electron chi connectivity index (χ2n) is 5.68. The van der Waals surface area contributed by atoms with Gasteiger partial charge in [0.25, 0.3) is 5.91 Å². The topological polar surface area (TPSA) is 67.0 Å². The first-order valence-corrected chi connectivity index (χ1v) is 7.39. The molecular formula is C16H17N3O2. The fourth-order valence-electron chi connectivity index (χ4n) is 2.78. The molecule has 1 aliphatic carbocycles. The predicted octanol–water partition coefficient (Wildman–Crippen LogP) is 2.54. The molecule has 5 heteroatoms. The largest absolute Gasteiger partial charge is 0.493 e. The van der Waals surface area contributed by atoms with Crippen LogP contribution in [0.2, 0.25) is 0 Å². The summed E-state index contributed by atoms with van der Waals surface area (Å²) in [6.45, 7) is 0.621. The Morgan fingerprint density at radius 2 is 2.14 bits per heavy atom. The standard InChI is InChI=1S/C16H17N3O2/c20-16(14-9-13(18-19-14)10-5-6-10)17-12-7-8-21-15-4-2-1-3-11(12)15/h1-4,9-10,12H,5-8H2,(H,17,20)(H,18,19)/t12-/m0/s1. The first kappa shape index (κ1) is 12.4. The summed E-state index contributed by atoms with van der Waals surface area (Å²) < 4.78 is 5.61. The average molecular weight is 283 g/mol. The van der Waals surface area contributed by atoms with E-state index in [0.29, 0.717) is 18.2 Å². The number of aromatic nitrogens is 2. The van der Waals surface area contributed by atoms with E-state index >= 15 is 0 Å².